The maximum absolute atomic E-state index is 10.1. The van der Waals surface area contributed by atoms with Crippen molar-refractivity contribution in [3.05, 3.63) is 23.3 Å². The molecular formula is C13H21NO2. The quantitative estimate of drug-likeness (QED) is 0.824. The average molecular weight is 223 g/mol. The molecule has 1 aromatic rings. The van der Waals surface area contributed by atoms with Crippen molar-refractivity contribution in [2.24, 2.45) is 5.73 Å². The van der Waals surface area contributed by atoms with E-state index < -0.39 is 0 Å². The number of aromatic hydroxyl groups is 1. The number of methoxy groups -OCH3 is 1. The van der Waals surface area contributed by atoms with Crippen LogP contribution in [0.25, 0.3) is 0 Å². The SMILES string of the molecule is COc1ccc(C(C)C)c(CC(C)N)c1O. The number of ether oxygens (including phenoxy) is 1. The van der Waals surface area contributed by atoms with E-state index in [1.807, 2.05) is 13.0 Å². The van der Waals surface area contributed by atoms with Gasteiger partial charge in [0.25, 0.3) is 0 Å². The Labute approximate surface area is 97.2 Å². The molecule has 3 nitrogen and oxygen atoms in total. The van der Waals surface area contributed by atoms with Gasteiger partial charge in [-0.25, -0.2) is 0 Å². The fraction of sp³-hybridized carbons (Fsp3) is 0.538. The fourth-order valence-corrected chi connectivity index (χ4v) is 1.87. The molecule has 0 aromatic heterocycles. The van der Waals surface area contributed by atoms with Gasteiger partial charge in [0.2, 0.25) is 0 Å². The number of nitrogens with two attached hydrogens (primary N) is 1. The highest BCUT2D eigenvalue weighted by Gasteiger charge is 2.16. The Bertz CT molecular complexity index is 359. The lowest BCUT2D eigenvalue weighted by Gasteiger charge is -2.18. The molecule has 0 aliphatic heterocycles. The monoisotopic (exact) mass is 223 g/mol. The van der Waals surface area contributed by atoms with Crippen molar-refractivity contribution in [3.63, 3.8) is 0 Å². The minimum Gasteiger partial charge on any atom is -0.504 e. The molecule has 1 aromatic carbocycles. The third-order valence-electron chi connectivity index (χ3n) is 2.65. The molecule has 1 rings (SSSR count). The van der Waals surface area contributed by atoms with Crippen molar-refractivity contribution >= 4 is 0 Å². The molecule has 0 aliphatic rings. The number of benzene rings is 1. The topological polar surface area (TPSA) is 55.5 Å². The van der Waals surface area contributed by atoms with Gasteiger partial charge in [-0.1, -0.05) is 19.9 Å². The first kappa shape index (κ1) is 12.8. The van der Waals surface area contributed by atoms with E-state index in [2.05, 4.69) is 13.8 Å². The molecule has 0 spiro atoms. The third-order valence-corrected chi connectivity index (χ3v) is 2.65. The first-order valence-electron chi connectivity index (χ1n) is 5.61. The molecular weight excluding hydrogens is 202 g/mol. The van der Waals surface area contributed by atoms with Crippen molar-refractivity contribution in [3.8, 4) is 11.5 Å². The van der Waals surface area contributed by atoms with Gasteiger partial charge in [-0.3, -0.25) is 0 Å². The number of hydrogen-bond donors (Lipinski definition) is 2. The summed E-state index contributed by atoms with van der Waals surface area (Å²) in [6.07, 6.45) is 0.663. The number of rotatable bonds is 4. The van der Waals surface area contributed by atoms with Crippen LogP contribution in [0, 0.1) is 0 Å². The van der Waals surface area contributed by atoms with Crippen LogP contribution in [0.3, 0.4) is 0 Å². The summed E-state index contributed by atoms with van der Waals surface area (Å²) in [5, 5.41) is 10.1. The summed E-state index contributed by atoms with van der Waals surface area (Å²) in [5.74, 6) is 1.11. The van der Waals surface area contributed by atoms with Crippen molar-refractivity contribution in [2.75, 3.05) is 7.11 Å². The Morgan fingerprint density at radius 2 is 1.94 bits per heavy atom. The maximum atomic E-state index is 10.1. The lowest BCUT2D eigenvalue weighted by molar-refractivity contribution is 0.369. The second kappa shape index (κ2) is 5.21. The van der Waals surface area contributed by atoms with Gasteiger partial charge in [0.1, 0.15) is 0 Å². The molecule has 0 aliphatic carbocycles. The highest BCUT2D eigenvalue weighted by molar-refractivity contribution is 5.51. The molecule has 0 heterocycles. The van der Waals surface area contributed by atoms with Gasteiger partial charge < -0.3 is 15.6 Å². The first-order chi connectivity index (χ1) is 7.47. The normalized spacial score (nSPS) is 12.9. The standard InChI is InChI=1S/C13H21NO2/c1-8(2)10-5-6-12(16-4)13(15)11(10)7-9(3)14/h5-6,8-9,15H,7,14H2,1-4H3. The second-order valence-electron chi connectivity index (χ2n) is 4.52. The predicted octanol–water partition coefficient (Wildman–Crippen LogP) is 2.41. The summed E-state index contributed by atoms with van der Waals surface area (Å²) in [4.78, 5) is 0. The van der Waals surface area contributed by atoms with E-state index in [4.69, 9.17) is 10.5 Å². The van der Waals surface area contributed by atoms with Crippen LogP contribution < -0.4 is 10.5 Å². The zero-order chi connectivity index (χ0) is 12.3. The first-order valence-corrected chi connectivity index (χ1v) is 5.61. The number of phenols is 1. The van der Waals surface area contributed by atoms with Gasteiger partial charge in [0.15, 0.2) is 11.5 Å². The highest BCUT2D eigenvalue weighted by Crippen LogP contribution is 2.35. The van der Waals surface area contributed by atoms with Gasteiger partial charge in [-0.05, 0) is 30.9 Å². The van der Waals surface area contributed by atoms with Gasteiger partial charge in [-0.15, -0.1) is 0 Å². The fourth-order valence-electron chi connectivity index (χ4n) is 1.87. The highest BCUT2D eigenvalue weighted by atomic mass is 16.5. The largest absolute Gasteiger partial charge is 0.504 e. The van der Waals surface area contributed by atoms with Crippen molar-refractivity contribution in [2.45, 2.75) is 39.2 Å². The van der Waals surface area contributed by atoms with E-state index in [1.165, 1.54) is 0 Å². The molecule has 0 saturated carbocycles. The van der Waals surface area contributed by atoms with Crippen LogP contribution >= 0.6 is 0 Å². The van der Waals surface area contributed by atoms with E-state index in [9.17, 15) is 5.11 Å². The summed E-state index contributed by atoms with van der Waals surface area (Å²) < 4.78 is 5.11. The molecule has 3 heteroatoms. The second-order valence-corrected chi connectivity index (χ2v) is 4.52. The van der Waals surface area contributed by atoms with Crippen LogP contribution in [0.1, 0.15) is 37.8 Å². The zero-order valence-corrected chi connectivity index (χ0v) is 10.4. The van der Waals surface area contributed by atoms with Crippen LogP contribution in [0.4, 0.5) is 0 Å². The Morgan fingerprint density at radius 1 is 1.31 bits per heavy atom. The molecule has 0 bridgehead atoms. The Kier molecular flexibility index (Phi) is 4.19. The van der Waals surface area contributed by atoms with Crippen LogP contribution in [-0.2, 0) is 6.42 Å². The van der Waals surface area contributed by atoms with Crippen LogP contribution in [-0.4, -0.2) is 18.3 Å². The molecule has 0 fully saturated rings. The smallest absolute Gasteiger partial charge is 0.161 e. The summed E-state index contributed by atoms with van der Waals surface area (Å²) in [6.45, 7) is 6.14. The van der Waals surface area contributed by atoms with Crippen molar-refractivity contribution in [1.29, 1.82) is 0 Å². The summed E-state index contributed by atoms with van der Waals surface area (Å²) in [6, 6.07) is 3.83. The molecule has 0 radical (unpaired) electrons. The summed E-state index contributed by atoms with van der Waals surface area (Å²) in [7, 11) is 1.56. The van der Waals surface area contributed by atoms with Gasteiger partial charge in [-0.2, -0.15) is 0 Å². The molecule has 3 N–H and O–H groups in total. The number of hydrogen-bond acceptors (Lipinski definition) is 3. The van der Waals surface area contributed by atoms with Crippen molar-refractivity contribution < 1.29 is 9.84 Å². The van der Waals surface area contributed by atoms with Crippen LogP contribution in [0.15, 0.2) is 12.1 Å². The minimum atomic E-state index is 0.0236. The lowest BCUT2D eigenvalue weighted by Crippen LogP contribution is -2.19. The van der Waals surface area contributed by atoms with E-state index in [0.29, 0.717) is 18.1 Å². The third kappa shape index (κ3) is 2.67. The zero-order valence-electron chi connectivity index (χ0n) is 10.4. The van der Waals surface area contributed by atoms with Crippen molar-refractivity contribution in [1.82, 2.24) is 0 Å². The Morgan fingerprint density at radius 3 is 2.38 bits per heavy atom. The lowest BCUT2D eigenvalue weighted by atomic mass is 9.92. The molecule has 1 atom stereocenters. The molecule has 0 amide bonds. The Balaban J connectivity index is 3.25. The summed E-state index contributed by atoms with van der Waals surface area (Å²) >= 11 is 0. The van der Waals surface area contributed by atoms with Gasteiger partial charge in [0.05, 0.1) is 7.11 Å². The van der Waals surface area contributed by atoms with Crippen LogP contribution in [0.5, 0.6) is 11.5 Å². The van der Waals surface area contributed by atoms with Crippen LogP contribution in [0.2, 0.25) is 0 Å². The van der Waals surface area contributed by atoms with E-state index in [1.54, 1.807) is 13.2 Å². The Hall–Kier alpha value is -1.22. The van der Waals surface area contributed by atoms with Gasteiger partial charge >= 0.3 is 0 Å². The predicted molar refractivity (Wildman–Crippen MR) is 66.1 cm³/mol. The van der Waals surface area contributed by atoms with E-state index in [-0.39, 0.29) is 11.8 Å². The molecule has 90 valence electrons. The van der Waals surface area contributed by atoms with E-state index >= 15 is 0 Å². The molecule has 0 saturated heterocycles. The molecule has 16 heavy (non-hydrogen) atoms. The van der Waals surface area contributed by atoms with Gasteiger partial charge in [0, 0.05) is 11.6 Å². The maximum Gasteiger partial charge on any atom is 0.161 e. The minimum absolute atomic E-state index is 0.0236. The summed E-state index contributed by atoms with van der Waals surface area (Å²) in [5.41, 5.74) is 7.84. The molecule has 1 unspecified atom stereocenters. The van der Waals surface area contributed by atoms with E-state index in [0.717, 1.165) is 11.1 Å². The average Bonchev–Trinajstić information content (AvgIpc) is 2.19. The number of phenolic OH excluding ortho intramolecular Hbond substituents is 1.